The third-order valence-electron chi connectivity index (χ3n) is 1.81. The van der Waals surface area contributed by atoms with E-state index in [1.54, 1.807) is 7.11 Å². The Kier molecular flexibility index (Phi) is 5.48. The molecule has 1 aromatic carbocycles. The van der Waals surface area contributed by atoms with E-state index < -0.39 is 0 Å². The zero-order valence-electron chi connectivity index (χ0n) is 8.02. The fourth-order valence-electron chi connectivity index (χ4n) is 1.06. The molecule has 1 rings (SSSR count). The first-order valence-corrected chi connectivity index (χ1v) is 5.54. The highest BCUT2D eigenvalue weighted by Gasteiger charge is 1.99. The minimum absolute atomic E-state index is 0.716. The van der Waals surface area contributed by atoms with Crippen LogP contribution >= 0.6 is 27.5 Å². The molecule has 0 saturated heterocycles. The van der Waals surface area contributed by atoms with E-state index in [1.165, 1.54) is 0 Å². The Balaban J connectivity index is 2.42. The Morgan fingerprint density at radius 1 is 1.50 bits per heavy atom. The maximum atomic E-state index is 6.04. The molecule has 4 heteroatoms. The maximum absolute atomic E-state index is 6.04. The molecule has 78 valence electrons. The molecule has 0 radical (unpaired) electrons. The zero-order valence-corrected chi connectivity index (χ0v) is 10.4. The van der Waals surface area contributed by atoms with Crippen LogP contribution < -0.4 is 5.32 Å². The molecule has 1 aromatic rings. The van der Waals surface area contributed by atoms with E-state index in [2.05, 4.69) is 21.2 Å². The highest BCUT2D eigenvalue weighted by atomic mass is 79.9. The largest absolute Gasteiger partial charge is 0.383 e. The van der Waals surface area contributed by atoms with Crippen molar-refractivity contribution in [3.05, 3.63) is 33.3 Å². The Labute approximate surface area is 97.7 Å². The number of nitrogens with one attached hydrogen (secondary N) is 1. The predicted octanol–water partition coefficient (Wildman–Crippen LogP) is 2.84. The molecule has 0 bridgehead atoms. The minimum Gasteiger partial charge on any atom is -0.383 e. The van der Waals surface area contributed by atoms with Gasteiger partial charge in [0.1, 0.15) is 0 Å². The fourth-order valence-corrected chi connectivity index (χ4v) is 1.80. The van der Waals surface area contributed by atoms with Crippen LogP contribution in [-0.2, 0) is 11.3 Å². The van der Waals surface area contributed by atoms with Crippen molar-refractivity contribution >= 4 is 27.5 Å². The van der Waals surface area contributed by atoms with Gasteiger partial charge in [-0.15, -0.1) is 0 Å². The van der Waals surface area contributed by atoms with Gasteiger partial charge in [-0.2, -0.15) is 0 Å². The van der Waals surface area contributed by atoms with Crippen LogP contribution in [0.15, 0.2) is 22.7 Å². The average Bonchev–Trinajstić information content (AvgIpc) is 2.15. The van der Waals surface area contributed by atoms with Gasteiger partial charge < -0.3 is 10.1 Å². The van der Waals surface area contributed by atoms with Crippen LogP contribution in [0.2, 0.25) is 5.02 Å². The van der Waals surface area contributed by atoms with Crippen molar-refractivity contribution in [2.24, 2.45) is 0 Å². The first-order chi connectivity index (χ1) is 6.74. The molecule has 14 heavy (non-hydrogen) atoms. The first kappa shape index (κ1) is 12.0. The maximum Gasteiger partial charge on any atom is 0.0587 e. The van der Waals surface area contributed by atoms with Gasteiger partial charge in [0.05, 0.1) is 6.61 Å². The number of hydrogen-bond donors (Lipinski definition) is 1. The summed E-state index contributed by atoms with van der Waals surface area (Å²) in [6, 6.07) is 5.89. The quantitative estimate of drug-likeness (QED) is 0.836. The molecule has 0 fully saturated rings. The topological polar surface area (TPSA) is 21.3 Å². The molecule has 0 aliphatic carbocycles. The van der Waals surface area contributed by atoms with E-state index >= 15 is 0 Å². The van der Waals surface area contributed by atoms with Crippen molar-refractivity contribution in [3.63, 3.8) is 0 Å². The van der Waals surface area contributed by atoms with Crippen LogP contribution in [-0.4, -0.2) is 20.3 Å². The minimum atomic E-state index is 0.716. The summed E-state index contributed by atoms with van der Waals surface area (Å²) in [5, 5.41) is 4.02. The van der Waals surface area contributed by atoms with Gasteiger partial charge in [0, 0.05) is 29.7 Å². The highest BCUT2D eigenvalue weighted by Crippen LogP contribution is 2.20. The van der Waals surface area contributed by atoms with E-state index in [-0.39, 0.29) is 0 Å². The zero-order chi connectivity index (χ0) is 10.4. The third kappa shape index (κ3) is 3.96. The Morgan fingerprint density at radius 3 is 2.93 bits per heavy atom. The molecule has 0 saturated carbocycles. The van der Waals surface area contributed by atoms with E-state index in [0.29, 0.717) is 6.61 Å². The van der Waals surface area contributed by atoms with Crippen LogP contribution in [0.25, 0.3) is 0 Å². The molecule has 0 unspecified atom stereocenters. The van der Waals surface area contributed by atoms with Crippen molar-refractivity contribution in [2.45, 2.75) is 6.54 Å². The number of halogens is 2. The summed E-state index contributed by atoms with van der Waals surface area (Å²) in [7, 11) is 1.69. The molecular formula is C10H13BrClNO. The second-order valence-corrected chi connectivity index (χ2v) is 4.23. The summed E-state index contributed by atoms with van der Waals surface area (Å²) >= 11 is 9.41. The normalized spacial score (nSPS) is 10.5. The van der Waals surface area contributed by atoms with E-state index in [4.69, 9.17) is 16.3 Å². The summed E-state index contributed by atoms with van der Waals surface area (Å²) in [6.45, 7) is 2.33. The predicted molar refractivity (Wildman–Crippen MR) is 62.7 cm³/mol. The lowest BCUT2D eigenvalue weighted by Gasteiger charge is -2.06. The van der Waals surface area contributed by atoms with E-state index in [1.807, 2.05) is 18.2 Å². The van der Waals surface area contributed by atoms with Gasteiger partial charge in [0.15, 0.2) is 0 Å². The molecule has 0 aromatic heterocycles. The highest BCUT2D eigenvalue weighted by molar-refractivity contribution is 9.10. The van der Waals surface area contributed by atoms with Crippen molar-refractivity contribution in [1.29, 1.82) is 0 Å². The molecule has 2 nitrogen and oxygen atoms in total. The monoisotopic (exact) mass is 277 g/mol. The van der Waals surface area contributed by atoms with Crippen LogP contribution in [0.1, 0.15) is 5.56 Å². The van der Waals surface area contributed by atoms with Gasteiger partial charge in [0.25, 0.3) is 0 Å². The van der Waals surface area contributed by atoms with Crippen molar-refractivity contribution in [2.75, 3.05) is 20.3 Å². The Morgan fingerprint density at radius 2 is 2.29 bits per heavy atom. The summed E-state index contributed by atoms with van der Waals surface area (Å²) in [4.78, 5) is 0. The Bertz CT molecular complexity index is 293. The fraction of sp³-hybridized carbons (Fsp3) is 0.400. The van der Waals surface area contributed by atoms with Crippen molar-refractivity contribution in [1.82, 2.24) is 5.32 Å². The SMILES string of the molecule is COCCNCc1ccc(Br)cc1Cl. The summed E-state index contributed by atoms with van der Waals surface area (Å²) in [6.07, 6.45) is 0. The third-order valence-corrected chi connectivity index (χ3v) is 2.66. The van der Waals surface area contributed by atoms with Gasteiger partial charge in [-0.1, -0.05) is 33.6 Å². The van der Waals surface area contributed by atoms with Gasteiger partial charge in [-0.05, 0) is 17.7 Å². The van der Waals surface area contributed by atoms with Gasteiger partial charge in [-0.25, -0.2) is 0 Å². The van der Waals surface area contributed by atoms with Gasteiger partial charge >= 0.3 is 0 Å². The second kappa shape index (κ2) is 6.40. The molecule has 0 spiro atoms. The molecule has 1 N–H and O–H groups in total. The van der Waals surface area contributed by atoms with E-state index in [9.17, 15) is 0 Å². The van der Waals surface area contributed by atoms with Crippen molar-refractivity contribution in [3.8, 4) is 0 Å². The lowest BCUT2D eigenvalue weighted by atomic mass is 10.2. The van der Waals surface area contributed by atoms with Gasteiger partial charge in [-0.3, -0.25) is 0 Å². The van der Waals surface area contributed by atoms with Crippen LogP contribution in [0.3, 0.4) is 0 Å². The first-order valence-electron chi connectivity index (χ1n) is 4.37. The smallest absolute Gasteiger partial charge is 0.0587 e. The molecular weight excluding hydrogens is 265 g/mol. The Hall–Kier alpha value is -0.0900. The molecule has 0 aliphatic rings. The van der Waals surface area contributed by atoms with Crippen molar-refractivity contribution < 1.29 is 4.74 Å². The number of benzene rings is 1. The van der Waals surface area contributed by atoms with Crippen LogP contribution in [0, 0.1) is 0 Å². The van der Waals surface area contributed by atoms with Gasteiger partial charge in [0.2, 0.25) is 0 Å². The van der Waals surface area contributed by atoms with Crippen LogP contribution in [0.5, 0.6) is 0 Å². The standard InChI is InChI=1S/C10H13BrClNO/c1-14-5-4-13-7-8-2-3-9(11)6-10(8)12/h2-3,6,13H,4-5,7H2,1H3. The second-order valence-electron chi connectivity index (χ2n) is 2.91. The molecule has 0 aliphatic heterocycles. The lowest BCUT2D eigenvalue weighted by molar-refractivity contribution is 0.199. The van der Waals surface area contributed by atoms with Crippen LogP contribution in [0.4, 0.5) is 0 Å². The molecule has 0 heterocycles. The average molecular weight is 279 g/mol. The number of methoxy groups -OCH3 is 1. The number of hydrogen-bond acceptors (Lipinski definition) is 2. The van der Waals surface area contributed by atoms with E-state index in [0.717, 1.165) is 28.1 Å². The lowest BCUT2D eigenvalue weighted by Crippen LogP contribution is -2.18. The summed E-state index contributed by atoms with van der Waals surface area (Å²) in [5.74, 6) is 0. The summed E-state index contributed by atoms with van der Waals surface area (Å²) < 4.78 is 5.93. The molecule has 0 atom stereocenters. The summed E-state index contributed by atoms with van der Waals surface area (Å²) in [5.41, 5.74) is 1.10. The molecule has 0 amide bonds. The number of rotatable bonds is 5. The number of ether oxygens (including phenoxy) is 1.